The molecule has 0 aliphatic carbocycles. The first kappa shape index (κ1) is 9.77. The smallest absolute Gasteiger partial charge is 0.427 e. The van der Waals surface area contributed by atoms with Crippen LogP contribution in [0.15, 0.2) is 36.9 Å². The average Bonchev–Trinajstić information content (AvgIpc) is 2.58. The van der Waals surface area contributed by atoms with Crippen molar-refractivity contribution in [2.24, 2.45) is 0 Å². The highest BCUT2D eigenvalue weighted by Crippen LogP contribution is 2.27. The Morgan fingerprint density at radius 2 is 1.93 bits per heavy atom. The van der Waals surface area contributed by atoms with E-state index in [1.165, 1.54) is 0 Å². The third-order valence-electron chi connectivity index (χ3n) is 2.42. The van der Waals surface area contributed by atoms with E-state index in [-0.39, 0.29) is 12.2 Å². The first-order valence-electron chi connectivity index (χ1n) is 4.80. The topological polar surface area (TPSA) is 35.5 Å². The molecule has 1 saturated heterocycles. The van der Waals surface area contributed by atoms with E-state index in [0.29, 0.717) is 0 Å². The summed E-state index contributed by atoms with van der Waals surface area (Å²) in [5.74, 6) is 0. The molecule has 15 heavy (non-hydrogen) atoms. The molecule has 0 aromatic heterocycles. The minimum Gasteiger partial charge on any atom is -0.427 e. The lowest BCUT2D eigenvalue weighted by molar-refractivity contribution is 0.120. The van der Waals surface area contributed by atoms with Crippen molar-refractivity contribution >= 4 is 11.7 Å². The summed E-state index contributed by atoms with van der Waals surface area (Å²) in [5, 5.41) is 0. The summed E-state index contributed by atoms with van der Waals surface area (Å²) < 4.78 is 9.92. The second-order valence-corrected chi connectivity index (χ2v) is 3.50. The number of hydrogen-bond donors (Lipinski definition) is 0. The third-order valence-corrected chi connectivity index (χ3v) is 2.42. The van der Waals surface area contributed by atoms with Crippen LogP contribution in [0.4, 0.5) is 4.79 Å². The lowest BCUT2D eigenvalue weighted by Gasteiger charge is -2.14. The van der Waals surface area contributed by atoms with E-state index in [9.17, 15) is 4.79 Å². The van der Waals surface area contributed by atoms with Crippen molar-refractivity contribution in [2.75, 3.05) is 0 Å². The molecule has 2 rings (SSSR count). The van der Waals surface area contributed by atoms with E-state index in [4.69, 9.17) is 9.47 Å². The fraction of sp³-hybridized carbons (Fsp3) is 0.250. The van der Waals surface area contributed by atoms with Gasteiger partial charge in [0, 0.05) is 0 Å². The predicted molar refractivity (Wildman–Crippen MR) is 56.3 cm³/mol. The summed E-state index contributed by atoms with van der Waals surface area (Å²) in [4.78, 5) is 10.9. The zero-order chi connectivity index (χ0) is 10.8. The molecule has 1 aromatic rings. The van der Waals surface area contributed by atoms with Gasteiger partial charge in [-0.3, -0.25) is 0 Å². The van der Waals surface area contributed by atoms with Crippen LogP contribution in [0.3, 0.4) is 0 Å². The van der Waals surface area contributed by atoms with Gasteiger partial charge in [0.05, 0.1) is 0 Å². The van der Waals surface area contributed by atoms with Crippen molar-refractivity contribution in [1.29, 1.82) is 0 Å². The molecule has 0 saturated carbocycles. The van der Waals surface area contributed by atoms with Crippen molar-refractivity contribution in [1.82, 2.24) is 0 Å². The van der Waals surface area contributed by atoms with Crippen LogP contribution >= 0.6 is 0 Å². The largest absolute Gasteiger partial charge is 0.509 e. The summed E-state index contributed by atoms with van der Waals surface area (Å²) in [7, 11) is 0. The van der Waals surface area contributed by atoms with Crippen molar-refractivity contribution in [3.63, 3.8) is 0 Å². The van der Waals surface area contributed by atoms with Crippen LogP contribution in [0.25, 0.3) is 5.57 Å². The predicted octanol–water partition coefficient (Wildman–Crippen LogP) is 2.62. The molecule has 3 nitrogen and oxygen atoms in total. The Morgan fingerprint density at radius 3 is 2.47 bits per heavy atom. The molecule has 0 N–H and O–H groups in total. The number of hydrogen-bond acceptors (Lipinski definition) is 3. The summed E-state index contributed by atoms with van der Waals surface area (Å²) in [6.07, 6.45) is -1.27. The lowest BCUT2D eigenvalue weighted by atomic mass is 9.99. The molecule has 1 fully saturated rings. The fourth-order valence-electron chi connectivity index (χ4n) is 1.61. The maximum absolute atomic E-state index is 10.9. The number of benzene rings is 1. The number of carbonyl (C=O) groups excluding carboxylic acids is 1. The number of rotatable bonds is 2. The molecule has 78 valence electrons. The van der Waals surface area contributed by atoms with Crippen LogP contribution in [0.2, 0.25) is 0 Å². The van der Waals surface area contributed by atoms with E-state index in [0.717, 1.165) is 11.1 Å². The lowest BCUT2D eigenvalue weighted by Crippen LogP contribution is -2.20. The van der Waals surface area contributed by atoms with E-state index >= 15 is 0 Å². The van der Waals surface area contributed by atoms with Crippen molar-refractivity contribution in [2.45, 2.75) is 19.1 Å². The van der Waals surface area contributed by atoms with Gasteiger partial charge in [-0.25, -0.2) is 4.79 Å². The minimum absolute atomic E-state index is 0.273. The van der Waals surface area contributed by atoms with E-state index in [1.807, 2.05) is 30.3 Å². The first-order chi connectivity index (χ1) is 7.18. The fourth-order valence-corrected chi connectivity index (χ4v) is 1.61. The molecule has 2 atom stereocenters. The van der Waals surface area contributed by atoms with Gasteiger partial charge in [0.15, 0.2) is 6.10 Å². The van der Waals surface area contributed by atoms with Gasteiger partial charge >= 0.3 is 6.16 Å². The van der Waals surface area contributed by atoms with Crippen LogP contribution in [-0.4, -0.2) is 18.4 Å². The van der Waals surface area contributed by atoms with Crippen molar-refractivity contribution in [3.8, 4) is 0 Å². The Labute approximate surface area is 88.3 Å². The average molecular weight is 204 g/mol. The van der Waals surface area contributed by atoms with Crippen molar-refractivity contribution < 1.29 is 14.3 Å². The monoisotopic (exact) mass is 204 g/mol. The van der Waals surface area contributed by atoms with Gasteiger partial charge in [0.2, 0.25) is 0 Å². The third kappa shape index (κ3) is 1.86. The molecule has 0 bridgehead atoms. The van der Waals surface area contributed by atoms with Gasteiger partial charge in [-0.1, -0.05) is 36.9 Å². The van der Waals surface area contributed by atoms with Gasteiger partial charge < -0.3 is 9.47 Å². The van der Waals surface area contributed by atoms with E-state index in [2.05, 4.69) is 6.58 Å². The molecule has 1 aliphatic heterocycles. The molecule has 2 unspecified atom stereocenters. The van der Waals surface area contributed by atoms with Gasteiger partial charge in [0.1, 0.15) is 6.10 Å². The minimum atomic E-state index is -0.621. The quantitative estimate of drug-likeness (QED) is 0.694. The highest BCUT2D eigenvalue weighted by molar-refractivity contribution is 5.73. The van der Waals surface area contributed by atoms with Crippen LogP contribution in [0.1, 0.15) is 12.5 Å². The van der Waals surface area contributed by atoms with Crippen LogP contribution < -0.4 is 0 Å². The maximum atomic E-state index is 10.9. The Morgan fingerprint density at radius 1 is 1.27 bits per heavy atom. The molecule has 0 spiro atoms. The van der Waals surface area contributed by atoms with Crippen LogP contribution in [-0.2, 0) is 9.47 Å². The SMILES string of the molecule is C=C(c1ccccc1)C1OC(=O)OC1C. The molecular formula is C12H12O3. The molecule has 1 aliphatic rings. The van der Waals surface area contributed by atoms with Gasteiger partial charge in [0.25, 0.3) is 0 Å². The number of ether oxygens (including phenoxy) is 2. The highest BCUT2D eigenvalue weighted by atomic mass is 16.8. The Hall–Kier alpha value is -1.77. The summed E-state index contributed by atoms with van der Waals surface area (Å²) in [6, 6.07) is 9.63. The van der Waals surface area contributed by atoms with E-state index < -0.39 is 6.16 Å². The highest BCUT2D eigenvalue weighted by Gasteiger charge is 2.35. The summed E-state index contributed by atoms with van der Waals surface area (Å²) >= 11 is 0. The first-order valence-corrected chi connectivity index (χ1v) is 4.80. The molecule has 1 heterocycles. The number of carbonyl (C=O) groups is 1. The normalized spacial score (nSPS) is 24.5. The second kappa shape index (κ2) is 3.77. The van der Waals surface area contributed by atoms with Gasteiger partial charge in [-0.05, 0) is 18.1 Å². The summed E-state index contributed by atoms with van der Waals surface area (Å²) in [5.41, 5.74) is 1.74. The van der Waals surface area contributed by atoms with Crippen molar-refractivity contribution in [3.05, 3.63) is 42.5 Å². The summed E-state index contributed by atoms with van der Waals surface area (Å²) in [6.45, 7) is 5.73. The zero-order valence-electron chi connectivity index (χ0n) is 8.47. The molecular weight excluding hydrogens is 192 g/mol. The Kier molecular flexibility index (Phi) is 2.46. The molecule has 0 radical (unpaired) electrons. The molecule has 0 amide bonds. The van der Waals surface area contributed by atoms with Crippen LogP contribution in [0.5, 0.6) is 0 Å². The Balaban J connectivity index is 2.19. The van der Waals surface area contributed by atoms with Gasteiger partial charge in [-0.2, -0.15) is 0 Å². The Bertz CT molecular complexity index is 383. The van der Waals surface area contributed by atoms with Gasteiger partial charge in [-0.15, -0.1) is 0 Å². The van der Waals surface area contributed by atoms with Crippen LogP contribution in [0, 0.1) is 0 Å². The molecule has 1 aromatic carbocycles. The maximum Gasteiger partial charge on any atom is 0.509 e. The van der Waals surface area contributed by atoms with E-state index in [1.54, 1.807) is 6.92 Å². The standard InChI is InChI=1S/C12H12O3/c1-8(10-6-4-3-5-7-10)11-9(2)14-12(13)15-11/h3-7,9,11H,1H2,2H3. The molecule has 3 heteroatoms. The number of cyclic esters (lactones) is 2. The second-order valence-electron chi connectivity index (χ2n) is 3.50. The zero-order valence-corrected chi connectivity index (χ0v) is 8.47.